The van der Waals surface area contributed by atoms with Crippen LogP contribution in [0.1, 0.15) is 13.3 Å². The van der Waals surface area contributed by atoms with Gasteiger partial charge in [0, 0.05) is 30.8 Å². The van der Waals surface area contributed by atoms with E-state index in [2.05, 4.69) is 10.3 Å². The van der Waals surface area contributed by atoms with Gasteiger partial charge in [-0.05, 0) is 30.7 Å². The Kier molecular flexibility index (Phi) is 5.50. The highest BCUT2D eigenvalue weighted by Gasteiger charge is 2.09. The average molecular weight is 329 g/mol. The van der Waals surface area contributed by atoms with Crippen molar-refractivity contribution in [1.82, 2.24) is 0 Å². The van der Waals surface area contributed by atoms with E-state index in [0.717, 1.165) is 6.42 Å². The summed E-state index contributed by atoms with van der Waals surface area (Å²) in [6.07, 6.45) is 0.802. The maximum absolute atomic E-state index is 10.7. The van der Waals surface area contributed by atoms with Crippen LogP contribution < -0.4 is 5.01 Å². The third-order valence-corrected chi connectivity index (χ3v) is 3.12. The summed E-state index contributed by atoms with van der Waals surface area (Å²) in [5.41, 5.74) is 1.13. The second-order valence-electron chi connectivity index (χ2n) is 4.86. The summed E-state index contributed by atoms with van der Waals surface area (Å²) in [5, 5.41) is 31.1. The number of nitrogens with zero attached hydrogens (tertiary/aromatic N) is 5. The van der Waals surface area contributed by atoms with E-state index in [-0.39, 0.29) is 11.4 Å². The van der Waals surface area contributed by atoms with Gasteiger partial charge in [0.1, 0.15) is 0 Å². The number of rotatable bonds is 7. The first kappa shape index (κ1) is 17.0. The van der Waals surface area contributed by atoms with Crippen LogP contribution in [0.25, 0.3) is 0 Å². The third-order valence-electron chi connectivity index (χ3n) is 3.12. The van der Waals surface area contributed by atoms with Gasteiger partial charge in [-0.15, -0.1) is 5.11 Å². The molecule has 0 aromatic heterocycles. The number of non-ortho nitro benzene ring substituents is 2. The van der Waals surface area contributed by atoms with Crippen LogP contribution in [0.15, 0.2) is 58.9 Å². The molecule has 0 aliphatic heterocycles. The van der Waals surface area contributed by atoms with Gasteiger partial charge in [-0.3, -0.25) is 20.2 Å². The van der Waals surface area contributed by atoms with Gasteiger partial charge in [0.05, 0.1) is 21.2 Å². The quantitative estimate of drug-likeness (QED) is 0.423. The molecular formula is C15H15N5O4. The van der Waals surface area contributed by atoms with Crippen molar-refractivity contribution in [2.24, 2.45) is 10.3 Å². The lowest BCUT2D eigenvalue weighted by molar-refractivity contribution is -0.385. The van der Waals surface area contributed by atoms with Crippen molar-refractivity contribution in [3.8, 4) is 0 Å². The van der Waals surface area contributed by atoms with Crippen molar-refractivity contribution in [2.75, 3.05) is 11.6 Å². The highest BCUT2D eigenvalue weighted by Crippen LogP contribution is 2.22. The largest absolute Gasteiger partial charge is 0.269 e. The molecule has 0 N–H and O–H groups in total. The maximum Gasteiger partial charge on any atom is 0.269 e. The van der Waals surface area contributed by atoms with Crippen molar-refractivity contribution in [3.63, 3.8) is 0 Å². The smallest absolute Gasteiger partial charge is 0.258 e. The van der Waals surface area contributed by atoms with Crippen molar-refractivity contribution >= 4 is 22.7 Å². The van der Waals surface area contributed by atoms with Crippen LogP contribution in [0, 0.1) is 20.2 Å². The fourth-order valence-electron chi connectivity index (χ4n) is 1.93. The summed E-state index contributed by atoms with van der Waals surface area (Å²) in [6.45, 7) is 2.55. The molecular weight excluding hydrogens is 314 g/mol. The lowest BCUT2D eigenvalue weighted by Gasteiger charge is -2.16. The Labute approximate surface area is 137 Å². The molecule has 24 heavy (non-hydrogen) atoms. The van der Waals surface area contributed by atoms with Gasteiger partial charge in [0.25, 0.3) is 11.4 Å². The first-order chi connectivity index (χ1) is 11.5. The van der Waals surface area contributed by atoms with Crippen LogP contribution in [0.4, 0.5) is 22.7 Å². The minimum Gasteiger partial charge on any atom is -0.258 e. The zero-order valence-corrected chi connectivity index (χ0v) is 12.9. The van der Waals surface area contributed by atoms with Crippen molar-refractivity contribution in [1.29, 1.82) is 0 Å². The summed E-state index contributed by atoms with van der Waals surface area (Å²) in [6, 6.07) is 11.7. The predicted octanol–water partition coefficient (Wildman–Crippen LogP) is 4.42. The Bertz CT molecular complexity index is 743. The molecule has 0 bridgehead atoms. The second kappa shape index (κ2) is 7.77. The maximum atomic E-state index is 10.7. The number of benzene rings is 2. The number of nitro benzene ring substituents is 2. The summed E-state index contributed by atoms with van der Waals surface area (Å²) < 4.78 is 0. The molecule has 9 heteroatoms. The number of hydrogen-bond donors (Lipinski definition) is 0. The van der Waals surface area contributed by atoms with Crippen molar-refractivity contribution in [3.05, 3.63) is 68.8 Å². The van der Waals surface area contributed by atoms with Crippen LogP contribution in [-0.2, 0) is 0 Å². The minimum absolute atomic E-state index is 0.00232. The Morgan fingerprint density at radius 3 is 1.88 bits per heavy atom. The second-order valence-corrected chi connectivity index (χ2v) is 4.86. The standard InChI is InChI=1S/C15H15N5O4/c1-2-11-18(13-7-9-15(10-8-13)20(23)24)17-16-12-3-5-14(6-4-12)19(21)22/h3-10H,2,11H2,1H3. The molecule has 0 fully saturated rings. The van der Waals surface area contributed by atoms with E-state index in [0.29, 0.717) is 17.9 Å². The zero-order chi connectivity index (χ0) is 17.5. The summed E-state index contributed by atoms with van der Waals surface area (Å²) >= 11 is 0. The highest BCUT2D eigenvalue weighted by molar-refractivity contribution is 5.50. The van der Waals surface area contributed by atoms with E-state index >= 15 is 0 Å². The lowest BCUT2D eigenvalue weighted by atomic mass is 10.2. The summed E-state index contributed by atoms with van der Waals surface area (Å²) in [5.74, 6) is 0. The fourth-order valence-corrected chi connectivity index (χ4v) is 1.93. The van der Waals surface area contributed by atoms with Gasteiger partial charge in [-0.2, -0.15) is 0 Å². The van der Waals surface area contributed by atoms with E-state index in [1.54, 1.807) is 17.1 Å². The van der Waals surface area contributed by atoms with Crippen molar-refractivity contribution in [2.45, 2.75) is 13.3 Å². The van der Waals surface area contributed by atoms with E-state index in [9.17, 15) is 20.2 Å². The van der Waals surface area contributed by atoms with Crippen LogP contribution in [0.5, 0.6) is 0 Å². The molecule has 0 saturated carbocycles. The highest BCUT2D eigenvalue weighted by atomic mass is 16.6. The van der Waals surface area contributed by atoms with E-state index in [1.165, 1.54) is 36.4 Å². The van der Waals surface area contributed by atoms with Crippen LogP contribution in [-0.4, -0.2) is 16.4 Å². The number of nitro groups is 2. The van der Waals surface area contributed by atoms with Gasteiger partial charge in [0.15, 0.2) is 0 Å². The molecule has 0 atom stereocenters. The fraction of sp³-hybridized carbons (Fsp3) is 0.200. The number of hydrogen-bond acceptors (Lipinski definition) is 6. The van der Waals surface area contributed by atoms with Crippen LogP contribution >= 0.6 is 0 Å². The Hall–Kier alpha value is -3.36. The average Bonchev–Trinajstić information content (AvgIpc) is 2.59. The molecule has 0 spiro atoms. The molecule has 0 amide bonds. The minimum atomic E-state index is -0.485. The monoisotopic (exact) mass is 329 g/mol. The SMILES string of the molecule is CCCN(N=Nc1ccc([N+](=O)[O-])cc1)c1ccc([N+](=O)[O-])cc1. The van der Waals surface area contributed by atoms with Gasteiger partial charge < -0.3 is 0 Å². The molecule has 0 unspecified atom stereocenters. The van der Waals surface area contributed by atoms with Gasteiger partial charge in [0.2, 0.25) is 0 Å². The molecule has 0 aliphatic carbocycles. The molecule has 124 valence electrons. The molecule has 2 aromatic rings. The Morgan fingerprint density at radius 1 is 0.917 bits per heavy atom. The summed E-state index contributed by atoms with van der Waals surface area (Å²) in [7, 11) is 0. The van der Waals surface area contributed by atoms with Crippen molar-refractivity contribution < 1.29 is 9.85 Å². The van der Waals surface area contributed by atoms with Crippen LogP contribution in [0.3, 0.4) is 0 Å². The van der Waals surface area contributed by atoms with E-state index < -0.39 is 9.85 Å². The Balaban J connectivity index is 2.17. The molecule has 0 saturated heterocycles. The third kappa shape index (κ3) is 4.32. The zero-order valence-electron chi connectivity index (χ0n) is 12.9. The van der Waals surface area contributed by atoms with E-state index in [4.69, 9.17) is 0 Å². The topological polar surface area (TPSA) is 114 Å². The first-order valence-electron chi connectivity index (χ1n) is 7.19. The Morgan fingerprint density at radius 2 is 1.42 bits per heavy atom. The molecule has 0 radical (unpaired) electrons. The van der Waals surface area contributed by atoms with Gasteiger partial charge in [-0.1, -0.05) is 12.1 Å². The predicted molar refractivity (Wildman–Crippen MR) is 88.3 cm³/mol. The molecule has 2 aromatic carbocycles. The summed E-state index contributed by atoms with van der Waals surface area (Å²) in [4.78, 5) is 20.4. The normalized spacial score (nSPS) is 10.7. The molecule has 0 aliphatic rings. The van der Waals surface area contributed by atoms with Gasteiger partial charge >= 0.3 is 0 Å². The molecule has 0 heterocycles. The van der Waals surface area contributed by atoms with Gasteiger partial charge in [-0.25, -0.2) is 5.01 Å². The van der Waals surface area contributed by atoms with Crippen LogP contribution in [0.2, 0.25) is 0 Å². The van der Waals surface area contributed by atoms with E-state index in [1.807, 2.05) is 6.92 Å². The molecule has 2 rings (SSSR count). The lowest BCUT2D eigenvalue weighted by Crippen LogP contribution is -2.16. The first-order valence-corrected chi connectivity index (χ1v) is 7.19. The molecule has 9 nitrogen and oxygen atoms in total. The number of anilines is 1.